The van der Waals surface area contributed by atoms with Gasteiger partial charge in [-0.25, -0.2) is 4.79 Å². The van der Waals surface area contributed by atoms with E-state index in [4.69, 9.17) is 22.4 Å². The van der Waals surface area contributed by atoms with Crippen molar-refractivity contribution in [2.24, 2.45) is 5.73 Å². The van der Waals surface area contributed by atoms with Crippen LogP contribution in [0.3, 0.4) is 0 Å². The summed E-state index contributed by atoms with van der Waals surface area (Å²) >= 11 is 5.93. The molecule has 1 aromatic carbocycles. The summed E-state index contributed by atoms with van der Waals surface area (Å²) in [7, 11) is 0. The summed E-state index contributed by atoms with van der Waals surface area (Å²) in [6.45, 7) is 0.340. The van der Waals surface area contributed by atoms with Gasteiger partial charge in [-0.15, -0.1) is 0 Å². The maximum Gasteiger partial charge on any atom is 0.319 e. The van der Waals surface area contributed by atoms with Crippen LogP contribution < -0.4 is 16.4 Å². The zero-order valence-corrected chi connectivity index (χ0v) is 9.42. The summed E-state index contributed by atoms with van der Waals surface area (Å²) in [5, 5.41) is 14.1. The molecule has 88 valence electrons. The van der Waals surface area contributed by atoms with Gasteiger partial charge < -0.3 is 21.5 Å². The average molecular weight is 244 g/mol. The van der Waals surface area contributed by atoms with Gasteiger partial charge in [0.25, 0.3) is 0 Å². The van der Waals surface area contributed by atoms with Gasteiger partial charge in [0, 0.05) is 29.4 Å². The van der Waals surface area contributed by atoms with Crippen LogP contribution in [0.4, 0.5) is 10.5 Å². The molecule has 0 radical (unpaired) electrons. The summed E-state index contributed by atoms with van der Waals surface area (Å²) in [6.07, 6.45) is 0. The number of aliphatic hydroxyl groups excluding tert-OH is 1. The van der Waals surface area contributed by atoms with E-state index in [0.29, 0.717) is 16.3 Å². The number of halogens is 1. The number of nitrogens with two attached hydrogens (primary N) is 1. The molecule has 0 saturated heterocycles. The lowest BCUT2D eigenvalue weighted by Crippen LogP contribution is -2.31. The van der Waals surface area contributed by atoms with Crippen molar-refractivity contribution in [3.8, 4) is 0 Å². The van der Waals surface area contributed by atoms with Crippen LogP contribution in [0.2, 0.25) is 5.02 Å². The Bertz CT molecular complexity index is 371. The molecule has 0 aliphatic heterocycles. The molecule has 5 N–H and O–H groups in total. The fourth-order valence-electron chi connectivity index (χ4n) is 1.22. The third-order valence-corrected chi connectivity index (χ3v) is 2.32. The van der Waals surface area contributed by atoms with Crippen LogP contribution in [0, 0.1) is 0 Å². The SMILES string of the molecule is NCc1c(Cl)cccc1NC(=O)NCCO. The van der Waals surface area contributed by atoms with Crippen molar-refractivity contribution in [1.82, 2.24) is 5.32 Å². The third kappa shape index (κ3) is 3.37. The first-order chi connectivity index (χ1) is 7.69. The molecule has 1 rings (SSSR count). The Hall–Kier alpha value is -1.30. The molecule has 6 heteroatoms. The molecule has 0 spiro atoms. The molecule has 0 fully saturated rings. The van der Waals surface area contributed by atoms with Gasteiger partial charge in [-0.1, -0.05) is 17.7 Å². The molecule has 0 saturated carbocycles. The summed E-state index contributed by atoms with van der Waals surface area (Å²) < 4.78 is 0. The number of hydrogen-bond donors (Lipinski definition) is 4. The minimum atomic E-state index is -0.397. The van der Waals surface area contributed by atoms with Gasteiger partial charge >= 0.3 is 6.03 Å². The molecule has 2 amide bonds. The summed E-state index contributed by atoms with van der Waals surface area (Å²) in [4.78, 5) is 11.3. The zero-order chi connectivity index (χ0) is 12.0. The van der Waals surface area contributed by atoms with E-state index in [1.54, 1.807) is 18.2 Å². The monoisotopic (exact) mass is 243 g/mol. The first-order valence-electron chi connectivity index (χ1n) is 4.82. The molecule has 1 aromatic rings. The Morgan fingerprint density at radius 1 is 1.50 bits per heavy atom. The molecule has 0 aromatic heterocycles. The molecule has 0 bridgehead atoms. The van der Waals surface area contributed by atoms with Gasteiger partial charge in [-0.3, -0.25) is 0 Å². The number of amides is 2. The van der Waals surface area contributed by atoms with E-state index in [1.807, 2.05) is 0 Å². The highest BCUT2D eigenvalue weighted by Gasteiger charge is 2.07. The van der Waals surface area contributed by atoms with Crippen molar-refractivity contribution in [3.63, 3.8) is 0 Å². The topological polar surface area (TPSA) is 87.4 Å². The number of carbonyl (C=O) groups is 1. The van der Waals surface area contributed by atoms with E-state index in [9.17, 15) is 4.79 Å². The number of aliphatic hydroxyl groups is 1. The van der Waals surface area contributed by atoms with E-state index in [0.717, 1.165) is 0 Å². The molecule has 16 heavy (non-hydrogen) atoms. The van der Waals surface area contributed by atoms with Crippen molar-refractivity contribution in [2.75, 3.05) is 18.5 Å². The van der Waals surface area contributed by atoms with E-state index in [1.165, 1.54) is 0 Å². The number of hydrogen-bond acceptors (Lipinski definition) is 3. The predicted octanol–water partition coefficient (Wildman–Crippen LogP) is 0.912. The fourth-order valence-corrected chi connectivity index (χ4v) is 1.47. The standard InChI is InChI=1S/C10H14ClN3O2/c11-8-2-1-3-9(7(8)6-12)14-10(16)13-4-5-15/h1-3,15H,4-6,12H2,(H2,13,14,16). The van der Waals surface area contributed by atoms with Gasteiger partial charge in [-0.2, -0.15) is 0 Å². The Kier molecular flexibility index (Phi) is 5.04. The van der Waals surface area contributed by atoms with Gasteiger partial charge in [0.15, 0.2) is 0 Å². The quantitative estimate of drug-likeness (QED) is 0.634. The maximum absolute atomic E-state index is 11.3. The second-order valence-electron chi connectivity index (χ2n) is 3.07. The number of anilines is 1. The Morgan fingerprint density at radius 3 is 2.88 bits per heavy atom. The first kappa shape index (κ1) is 12.8. The average Bonchev–Trinajstić information content (AvgIpc) is 2.27. The van der Waals surface area contributed by atoms with Crippen LogP contribution in [-0.4, -0.2) is 24.3 Å². The highest BCUT2D eigenvalue weighted by atomic mass is 35.5. The van der Waals surface area contributed by atoms with Crippen molar-refractivity contribution < 1.29 is 9.90 Å². The number of urea groups is 1. The highest BCUT2D eigenvalue weighted by molar-refractivity contribution is 6.31. The minimum Gasteiger partial charge on any atom is -0.395 e. The number of benzene rings is 1. The molecule has 0 atom stereocenters. The molecular formula is C10H14ClN3O2. The minimum absolute atomic E-state index is 0.104. The van der Waals surface area contributed by atoms with E-state index < -0.39 is 6.03 Å². The molecular weight excluding hydrogens is 230 g/mol. The largest absolute Gasteiger partial charge is 0.395 e. The lowest BCUT2D eigenvalue weighted by Gasteiger charge is -2.11. The van der Waals surface area contributed by atoms with Gasteiger partial charge in [0.05, 0.1) is 6.61 Å². The molecule has 0 heterocycles. The normalized spacial score (nSPS) is 9.94. The molecule has 0 aliphatic carbocycles. The Morgan fingerprint density at radius 2 is 2.25 bits per heavy atom. The maximum atomic E-state index is 11.3. The molecule has 0 aliphatic rings. The van der Waals surface area contributed by atoms with E-state index in [2.05, 4.69) is 10.6 Å². The zero-order valence-electron chi connectivity index (χ0n) is 8.66. The van der Waals surface area contributed by atoms with E-state index >= 15 is 0 Å². The van der Waals surface area contributed by atoms with Gasteiger partial charge in [0.2, 0.25) is 0 Å². The van der Waals surface area contributed by atoms with Crippen LogP contribution in [0.25, 0.3) is 0 Å². The van der Waals surface area contributed by atoms with Crippen molar-refractivity contribution in [3.05, 3.63) is 28.8 Å². The first-order valence-corrected chi connectivity index (χ1v) is 5.20. The lowest BCUT2D eigenvalue weighted by molar-refractivity contribution is 0.245. The van der Waals surface area contributed by atoms with Crippen molar-refractivity contribution >= 4 is 23.3 Å². The highest BCUT2D eigenvalue weighted by Crippen LogP contribution is 2.23. The van der Waals surface area contributed by atoms with E-state index in [-0.39, 0.29) is 19.7 Å². The van der Waals surface area contributed by atoms with Crippen LogP contribution in [0.15, 0.2) is 18.2 Å². The van der Waals surface area contributed by atoms with Crippen molar-refractivity contribution in [1.29, 1.82) is 0 Å². The Balaban J connectivity index is 2.73. The van der Waals surface area contributed by atoms with Crippen LogP contribution in [-0.2, 0) is 6.54 Å². The summed E-state index contributed by atoms with van der Waals surface area (Å²) in [5.74, 6) is 0. The summed E-state index contributed by atoms with van der Waals surface area (Å²) in [5.41, 5.74) is 6.79. The number of rotatable bonds is 4. The predicted molar refractivity (Wildman–Crippen MR) is 63.5 cm³/mol. The number of nitrogens with one attached hydrogen (secondary N) is 2. The lowest BCUT2D eigenvalue weighted by atomic mass is 10.2. The molecule has 0 unspecified atom stereocenters. The van der Waals surface area contributed by atoms with Crippen LogP contribution in [0.5, 0.6) is 0 Å². The van der Waals surface area contributed by atoms with Gasteiger partial charge in [-0.05, 0) is 12.1 Å². The van der Waals surface area contributed by atoms with Crippen LogP contribution >= 0.6 is 11.6 Å². The second-order valence-corrected chi connectivity index (χ2v) is 3.48. The number of carbonyl (C=O) groups excluding carboxylic acids is 1. The Labute approximate surface area is 98.6 Å². The smallest absolute Gasteiger partial charge is 0.319 e. The molecule has 5 nitrogen and oxygen atoms in total. The van der Waals surface area contributed by atoms with Gasteiger partial charge in [0.1, 0.15) is 0 Å². The third-order valence-electron chi connectivity index (χ3n) is 1.97. The van der Waals surface area contributed by atoms with Crippen molar-refractivity contribution in [2.45, 2.75) is 6.54 Å². The van der Waals surface area contributed by atoms with Crippen LogP contribution in [0.1, 0.15) is 5.56 Å². The second kappa shape index (κ2) is 6.32. The summed E-state index contributed by atoms with van der Waals surface area (Å²) in [6, 6.07) is 4.75. The fraction of sp³-hybridized carbons (Fsp3) is 0.300.